The van der Waals surface area contributed by atoms with Crippen molar-refractivity contribution in [1.82, 2.24) is 0 Å². The summed E-state index contributed by atoms with van der Waals surface area (Å²) in [5.74, 6) is 0.874. The zero-order valence-corrected chi connectivity index (χ0v) is 11.6. The van der Waals surface area contributed by atoms with Crippen molar-refractivity contribution in [2.24, 2.45) is 4.99 Å². The second-order valence-corrected chi connectivity index (χ2v) is 5.96. The molecule has 0 heterocycles. The molecule has 0 spiro atoms. The van der Waals surface area contributed by atoms with Crippen LogP contribution in [0.1, 0.15) is 37.7 Å². The fourth-order valence-corrected chi connectivity index (χ4v) is 2.65. The molecule has 0 amide bonds. The Morgan fingerprint density at radius 1 is 1.39 bits per heavy atom. The molecule has 0 radical (unpaired) electrons. The van der Waals surface area contributed by atoms with E-state index in [1.165, 1.54) is 6.42 Å². The van der Waals surface area contributed by atoms with Gasteiger partial charge in [0.2, 0.25) is 6.08 Å². The molecule has 18 heavy (non-hydrogen) atoms. The summed E-state index contributed by atoms with van der Waals surface area (Å²) in [4.78, 5) is 14.6. The third-order valence-electron chi connectivity index (χ3n) is 3.77. The summed E-state index contributed by atoms with van der Waals surface area (Å²) in [5.41, 5.74) is 0.650. The topological polar surface area (TPSA) is 38.7 Å². The molecule has 4 heteroatoms. The van der Waals surface area contributed by atoms with Gasteiger partial charge in [-0.3, -0.25) is 0 Å². The maximum Gasteiger partial charge on any atom is 0.235 e. The lowest BCUT2D eigenvalue weighted by atomic mass is 9.95. The minimum atomic E-state index is -0.370. The molecule has 0 unspecified atom stereocenters. The Labute approximate surface area is 114 Å². The second-order valence-electron chi connectivity index (χ2n) is 5.05. The van der Waals surface area contributed by atoms with E-state index in [1.807, 2.05) is 18.2 Å². The minimum absolute atomic E-state index is 0.334. The lowest BCUT2D eigenvalue weighted by Gasteiger charge is -2.28. The molecule has 94 valence electrons. The van der Waals surface area contributed by atoms with Crippen LogP contribution >= 0.6 is 15.9 Å². The number of hydrogen-bond donors (Lipinski definition) is 0. The highest BCUT2D eigenvalue weighted by Crippen LogP contribution is 2.53. The van der Waals surface area contributed by atoms with Gasteiger partial charge in [-0.05, 0) is 50.3 Å². The molecule has 1 aromatic rings. The molecule has 2 fully saturated rings. The van der Waals surface area contributed by atoms with Crippen molar-refractivity contribution in [2.45, 2.75) is 43.7 Å². The normalized spacial score (nSPS) is 20.7. The summed E-state index contributed by atoms with van der Waals surface area (Å²) in [5, 5.41) is 0. The van der Waals surface area contributed by atoms with E-state index >= 15 is 0 Å². The van der Waals surface area contributed by atoms with Crippen LogP contribution in [0.5, 0.6) is 5.75 Å². The fraction of sp³-hybridized carbons (Fsp3) is 0.500. The quantitative estimate of drug-likeness (QED) is 0.628. The molecule has 0 bridgehead atoms. The van der Waals surface area contributed by atoms with Crippen molar-refractivity contribution in [3.8, 4) is 5.75 Å². The van der Waals surface area contributed by atoms with Crippen LogP contribution in [0, 0.1) is 0 Å². The van der Waals surface area contributed by atoms with Gasteiger partial charge in [0.1, 0.15) is 11.3 Å². The summed E-state index contributed by atoms with van der Waals surface area (Å²) in [6.07, 6.45) is 7.33. The first-order valence-electron chi connectivity index (χ1n) is 6.29. The molecule has 0 aromatic heterocycles. The lowest BCUT2D eigenvalue weighted by Crippen LogP contribution is -2.25. The van der Waals surface area contributed by atoms with Crippen LogP contribution in [0.25, 0.3) is 0 Å². The van der Waals surface area contributed by atoms with E-state index in [1.54, 1.807) is 6.08 Å². The number of rotatable bonds is 4. The smallest absolute Gasteiger partial charge is 0.235 e. The van der Waals surface area contributed by atoms with Crippen LogP contribution in [0.3, 0.4) is 0 Å². The number of carbonyl (C=O) groups excluding carboxylic acids is 1. The zero-order valence-electron chi connectivity index (χ0n) is 9.99. The van der Waals surface area contributed by atoms with Gasteiger partial charge in [-0.1, -0.05) is 15.9 Å². The van der Waals surface area contributed by atoms with Crippen LogP contribution in [0.2, 0.25) is 0 Å². The number of nitrogens with zero attached hydrogens (tertiary/aromatic N) is 1. The molecule has 0 N–H and O–H groups in total. The van der Waals surface area contributed by atoms with Gasteiger partial charge < -0.3 is 4.74 Å². The van der Waals surface area contributed by atoms with Crippen molar-refractivity contribution >= 4 is 22.0 Å². The van der Waals surface area contributed by atoms with Crippen molar-refractivity contribution in [2.75, 3.05) is 0 Å². The highest BCUT2D eigenvalue weighted by molar-refractivity contribution is 9.10. The van der Waals surface area contributed by atoms with Crippen molar-refractivity contribution < 1.29 is 9.53 Å². The third kappa shape index (κ3) is 2.11. The number of halogens is 1. The van der Waals surface area contributed by atoms with E-state index in [9.17, 15) is 4.79 Å². The summed E-state index contributed by atoms with van der Waals surface area (Å²) in [6, 6.07) is 5.96. The highest BCUT2D eigenvalue weighted by Gasteiger charge is 2.47. The molecule has 0 atom stereocenters. The Kier molecular flexibility index (Phi) is 3.00. The Hall–Kier alpha value is -1.12. The van der Waals surface area contributed by atoms with Gasteiger partial charge in [-0.25, -0.2) is 4.79 Å². The number of benzene rings is 1. The van der Waals surface area contributed by atoms with E-state index in [0.29, 0.717) is 6.10 Å². The molecule has 3 rings (SSSR count). The maximum atomic E-state index is 10.6. The monoisotopic (exact) mass is 307 g/mol. The number of isocyanates is 1. The van der Waals surface area contributed by atoms with Gasteiger partial charge in [0, 0.05) is 10.0 Å². The van der Waals surface area contributed by atoms with E-state index in [4.69, 9.17) is 4.74 Å². The SMILES string of the molecule is O=C=NC1(c2cc(Br)ccc2OC2CCC2)CC1. The van der Waals surface area contributed by atoms with E-state index < -0.39 is 0 Å². The Morgan fingerprint density at radius 3 is 2.72 bits per heavy atom. The summed E-state index contributed by atoms with van der Waals surface area (Å²) in [6.45, 7) is 0. The van der Waals surface area contributed by atoms with Crippen LogP contribution < -0.4 is 4.74 Å². The first kappa shape index (κ1) is 11.9. The van der Waals surface area contributed by atoms with E-state index in [-0.39, 0.29) is 5.54 Å². The molecule has 0 aliphatic heterocycles. The van der Waals surface area contributed by atoms with Crippen molar-refractivity contribution in [3.63, 3.8) is 0 Å². The number of aliphatic imine (C=N–C) groups is 1. The summed E-state index contributed by atoms with van der Waals surface area (Å²) >= 11 is 3.47. The highest BCUT2D eigenvalue weighted by atomic mass is 79.9. The molecule has 1 aromatic carbocycles. The molecule has 3 nitrogen and oxygen atoms in total. The van der Waals surface area contributed by atoms with Crippen LogP contribution in [0.15, 0.2) is 27.7 Å². The van der Waals surface area contributed by atoms with Gasteiger partial charge in [0.05, 0.1) is 6.10 Å². The molecule has 2 aliphatic rings. The maximum absolute atomic E-state index is 10.6. The predicted octanol–water partition coefficient (Wildman–Crippen LogP) is 3.71. The lowest BCUT2D eigenvalue weighted by molar-refractivity contribution is 0.118. The Bertz CT molecular complexity index is 515. The Balaban J connectivity index is 1.95. The van der Waals surface area contributed by atoms with Crippen LogP contribution in [-0.2, 0) is 10.3 Å². The third-order valence-corrected chi connectivity index (χ3v) is 4.27. The first-order valence-corrected chi connectivity index (χ1v) is 7.08. The second kappa shape index (κ2) is 4.52. The molecular weight excluding hydrogens is 294 g/mol. The summed E-state index contributed by atoms with van der Waals surface area (Å²) < 4.78 is 6.99. The molecule has 2 saturated carbocycles. The van der Waals surface area contributed by atoms with Crippen LogP contribution in [0.4, 0.5) is 0 Å². The Morgan fingerprint density at radius 2 is 2.17 bits per heavy atom. The average molecular weight is 308 g/mol. The standard InChI is InChI=1S/C14H14BrNO2/c15-10-4-5-13(18-11-2-1-3-11)12(8-10)14(6-7-14)16-9-17/h4-5,8,11H,1-3,6-7H2. The number of ether oxygens (including phenoxy) is 1. The predicted molar refractivity (Wildman–Crippen MR) is 71.4 cm³/mol. The first-order chi connectivity index (χ1) is 8.73. The molecule has 0 saturated heterocycles. The minimum Gasteiger partial charge on any atom is -0.490 e. The van der Waals surface area contributed by atoms with Gasteiger partial charge >= 0.3 is 0 Å². The van der Waals surface area contributed by atoms with Gasteiger partial charge in [0.25, 0.3) is 0 Å². The van der Waals surface area contributed by atoms with Crippen LogP contribution in [-0.4, -0.2) is 12.2 Å². The van der Waals surface area contributed by atoms with Crippen molar-refractivity contribution in [3.05, 3.63) is 28.2 Å². The van der Waals surface area contributed by atoms with E-state index in [2.05, 4.69) is 20.9 Å². The largest absolute Gasteiger partial charge is 0.490 e. The summed E-state index contributed by atoms with van der Waals surface area (Å²) in [7, 11) is 0. The fourth-order valence-electron chi connectivity index (χ4n) is 2.28. The average Bonchev–Trinajstić information content (AvgIpc) is 3.06. The zero-order chi connectivity index (χ0) is 12.6. The molecular formula is C14H14BrNO2. The number of hydrogen-bond acceptors (Lipinski definition) is 3. The van der Waals surface area contributed by atoms with E-state index in [0.717, 1.165) is 41.5 Å². The van der Waals surface area contributed by atoms with Crippen molar-refractivity contribution in [1.29, 1.82) is 0 Å². The van der Waals surface area contributed by atoms with Gasteiger partial charge in [0.15, 0.2) is 0 Å². The van der Waals surface area contributed by atoms with Gasteiger partial charge in [-0.2, -0.15) is 4.99 Å². The van der Waals surface area contributed by atoms with Gasteiger partial charge in [-0.15, -0.1) is 0 Å². The molecule has 2 aliphatic carbocycles.